The lowest BCUT2D eigenvalue weighted by molar-refractivity contribution is -0.188. The predicted molar refractivity (Wildman–Crippen MR) is 60.2 cm³/mol. The fourth-order valence-electron chi connectivity index (χ4n) is 2.04. The molecule has 84 valence electrons. The number of hydrogen-bond donors (Lipinski definition) is 0. The van der Waals surface area contributed by atoms with Crippen LogP contribution in [0.15, 0.2) is 0 Å². The molecule has 0 spiro atoms. The summed E-state index contributed by atoms with van der Waals surface area (Å²) in [7, 11) is 0. The summed E-state index contributed by atoms with van der Waals surface area (Å²) in [6, 6.07) is 0.576. The molecule has 0 bridgehead atoms. The maximum Gasteiger partial charge on any atom is 0.116 e. The molecule has 0 N–H and O–H groups in total. The zero-order valence-electron chi connectivity index (χ0n) is 10.5. The molecule has 14 heavy (non-hydrogen) atoms. The lowest BCUT2D eigenvalue weighted by Gasteiger charge is -2.47. The van der Waals surface area contributed by atoms with Crippen LogP contribution < -0.4 is 0 Å². The van der Waals surface area contributed by atoms with Crippen molar-refractivity contribution >= 4 is 0 Å². The van der Waals surface area contributed by atoms with Gasteiger partial charge in [0, 0.05) is 18.0 Å². The smallest absolute Gasteiger partial charge is 0.116 e. The molecule has 1 saturated heterocycles. The highest BCUT2D eigenvalue weighted by molar-refractivity contribution is 4.82. The second-order valence-corrected chi connectivity index (χ2v) is 5.79. The minimum Gasteiger partial charge on any atom is -0.360 e. The van der Waals surface area contributed by atoms with Crippen LogP contribution in [-0.4, -0.2) is 29.8 Å². The highest BCUT2D eigenvalue weighted by Gasteiger charge is 2.36. The molecular weight excluding hydrogens is 174 g/mol. The summed E-state index contributed by atoms with van der Waals surface area (Å²) in [4.78, 5) is 2.47. The Morgan fingerprint density at radius 1 is 1.29 bits per heavy atom. The maximum atomic E-state index is 6.05. The van der Waals surface area contributed by atoms with Crippen LogP contribution in [0.25, 0.3) is 0 Å². The van der Waals surface area contributed by atoms with Crippen molar-refractivity contribution in [3.8, 4) is 0 Å². The topological polar surface area (TPSA) is 12.5 Å². The van der Waals surface area contributed by atoms with Crippen LogP contribution in [0, 0.1) is 5.41 Å². The van der Waals surface area contributed by atoms with Crippen molar-refractivity contribution < 1.29 is 4.74 Å². The van der Waals surface area contributed by atoms with E-state index in [1.165, 1.54) is 6.54 Å². The second kappa shape index (κ2) is 4.19. The zero-order valence-corrected chi connectivity index (χ0v) is 10.5. The molecule has 1 aliphatic rings. The first-order valence-corrected chi connectivity index (χ1v) is 5.73. The highest BCUT2D eigenvalue weighted by Crippen LogP contribution is 2.31. The summed E-state index contributed by atoms with van der Waals surface area (Å²) < 4.78 is 6.05. The Kier molecular flexibility index (Phi) is 3.59. The molecule has 1 aliphatic heterocycles. The Morgan fingerprint density at radius 3 is 2.29 bits per heavy atom. The van der Waals surface area contributed by atoms with Gasteiger partial charge in [0.25, 0.3) is 0 Å². The molecule has 0 radical (unpaired) electrons. The largest absolute Gasteiger partial charge is 0.360 e. The number of nitrogens with zero attached hydrogens (tertiary/aromatic N) is 1. The summed E-state index contributed by atoms with van der Waals surface area (Å²) in [5, 5.41) is 0. The first-order chi connectivity index (χ1) is 6.32. The first kappa shape index (κ1) is 12.0. The second-order valence-electron chi connectivity index (χ2n) is 5.79. The van der Waals surface area contributed by atoms with E-state index in [9.17, 15) is 0 Å². The van der Waals surface area contributed by atoms with E-state index in [4.69, 9.17) is 4.74 Å². The highest BCUT2D eigenvalue weighted by atomic mass is 16.5. The third-order valence-electron chi connectivity index (χ3n) is 2.86. The van der Waals surface area contributed by atoms with Gasteiger partial charge in [0.1, 0.15) is 6.23 Å². The van der Waals surface area contributed by atoms with Gasteiger partial charge in [-0.05, 0) is 27.2 Å². The van der Waals surface area contributed by atoms with Crippen molar-refractivity contribution in [2.24, 2.45) is 5.41 Å². The van der Waals surface area contributed by atoms with Gasteiger partial charge in [0.2, 0.25) is 0 Å². The van der Waals surface area contributed by atoms with Gasteiger partial charge in [-0.2, -0.15) is 0 Å². The Bertz CT molecular complexity index is 183. The monoisotopic (exact) mass is 199 g/mol. The normalized spacial score (nSPS) is 31.1. The standard InChI is InChI=1S/C12H25NO/c1-9(2)13-8-7-10(3)14-11(13)12(4,5)6/h9-11H,7-8H2,1-6H3. The molecule has 1 fully saturated rings. The van der Waals surface area contributed by atoms with Crippen molar-refractivity contribution in [3.05, 3.63) is 0 Å². The van der Waals surface area contributed by atoms with Crippen LogP contribution in [-0.2, 0) is 4.74 Å². The van der Waals surface area contributed by atoms with E-state index in [1.807, 2.05) is 0 Å². The van der Waals surface area contributed by atoms with Crippen molar-refractivity contribution in [2.75, 3.05) is 6.54 Å². The fraction of sp³-hybridized carbons (Fsp3) is 1.00. The molecule has 2 nitrogen and oxygen atoms in total. The summed E-state index contributed by atoms with van der Waals surface area (Å²) >= 11 is 0. The van der Waals surface area contributed by atoms with Crippen LogP contribution in [0.1, 0.15) is 48.0 Å². The van der Waals surface area contributed by atoms with Gasteiger partial charge in [0.05, 0.1) is 6.10 Å². The predicted octanol–water partition coefficient (Wildman–Crippen LogP) is 2.88. The molecule has 2 heteroatoms. The molecule has 0 aliphatic carbocycles. The number of hydrogen-bond acceptors (Lipinski definition) is 2. The number of rotatable bonds is 1. The molecule has 0 saturated carbocycles. The number of ether oxygens (including phenoxy) is 1. The Labute approximate surface area is 88.6 Å². The van der Waals surface area contributed by atoms with E-state index >= 15 is 0 Å². The van der Waals surface area contributed by atoms with Crippen molar-refractivity contribution in [1.29, 1.82) is 0 Å². The third kappa shape index (κ3) is 2.71. The van der Waals surface area contributed by atoms with E-state index in [1.54, 1.807) is 0 Å². The van der Waals surface area contributed by atoms with Crippen molar-refractivity contribution in [2.45, 2.75) is 66.3 Å². The van der Waals surface area contributed by atoms with Crippen LogP contribution >= 0.6 is 0 Å². The summed E-state index contributed by atoms with van der Waals surface area (Å²) in [6.07, 6.45) is 1.84. The Balaban J connectivity index is 2.74. The average molecular weight is 199 g/mol. The van der Waals surface area contributed by atoms with E-state index in [0.29, 0.717) is 12.1 Å². The quantitative estimate of drug-likeness (QED) is 0.644. The van der Waals surface area contributed by atoms with Crippen LogP contribution in [0.4, 0.5) is 0 Å². The lowest BCUT2D eigenvalue weighted by atomic mass is 9.91. The molecule has 1 heterocycles. The minimum absolute atomic E-state index is 0.207. The molecule has 0 aromatic carbocycles. The summed E-state index contributed by atoms with van der Waals surface area (Å²) in [6.45, 7) is 14.6. The zero-order chi connectivity index (χ0) is 10.9. The van der Waals surface area contributed by atoms with Crippen LogP contribution in [0.5, 0.6) is 0 Å². The van der Waals surface area contributed by atoms with Crippen molar-refractivity contribution in [3.63, 3.8) is 0 Å². The van der Waals surface area contributed by atoms with Gasteiger partial charge in [-0.25, -0.2) is 0 Å². The maximum absolute atomic E-state index is 6.05. The van der Waals surface area contributed by atoms with Gasteiger partial charge in [0.15, 0.2) is 0 Å². The minimum atomic E-state index is 0.207. The summed E-state index contributed by atoms with van der Waals surface area (Å²) in [5.74, 6) is 0. The van der Waals surface area contributed by atoms with Gasteiger partial charge >= 0.3 is 0 Å². The van der Waals surface area contributed by atoms with E-state index < -0.39 is 0 Å². The van der Waals surface area contributed by atoms with Gasteiger partial charge in [-0.15, -0.1) is 0 Å². The Morgan fingerprint density at radius 2 is 1.86 bits per heavy atom. The van der Waals surface area contributed by atoms with Crippen LogP contribution in [0.2, 0.25) is 0 Å². The SMILES string of the molecule is CC1CCN(C(C)C)C(C(C)(C)C)O1. The molecule has 2 atom stereocenters. The van der Waals surface area contributed by atoms with E-state index in [2.05, 4.69) is 46.4 Å². The first-order valence-electron chi connectivity index (χ1n) is 5.73. The molecule has 0 amide bonds. The van der Waals surface area contributed by atoms with Gasteiger partial charge in [-0.1, -0.05) is 20.8 Å². The lowest BCUT2D eigenvalue weighted by Crippen LogP contribution is -2.54. The Hall–Kier alpha value is -0.0800. The van der Waals surface area contributed by atoms with E-state index in [-0.39, 0.29) is 11.6 Å². The van der Waals surface area contributed by atoms with Gasteiger partial charge < -0.3 is 4.74 Å². The molecule has 0 aromatic heterocycles. The van der Waals surface area contributed by atoms with Crippen LogP contribution in [0.3, 0.4) is 0 Å². The molecule has 0 aromatic rings. The average Bonchev–Trinajstić information content (AvgIpc) is 2.01. The van der Waals surface area contributed by atoms with Gasteiger partial charge in [-0.3, -0.25) is 4.90 Å². The van der Waals surface area contributed by atoms with Crippen molar-refractivity contribution in [1.82, 2.24) is 4.90 Å². The summed E-state index contributed by atoms with van der Waals surface area (Å²) in [5.41, 5.74) is 0.207. The third-order valence-corrected chi connectivity index (χ3v) is 2.86. The molecule has 1 rings (SSSR count). The van der Waals surface area contributed by atoms with E-state index in [0.717, 1.165) is 6.42 Å². The molecular formula is C12H25NO. The molecule has 2 unspecified atom stereocenters. The fourth-order valence-corrected chi connectivity index (χ4v) is 2.04.